The molecule has 0 atom stereocenters. The van der Waals surface area contributed by atoms with Gasteiger partial charge in [0.15, 0.2) is 0 Å². The van der Waals surface area contributed by atoms with Crippen LogP contribution >= 0.6 is 0 Å². The number of hydrogen-bond acceptors (Lipinski definition) is 3. The van der Waals surface area contributed by atoms with Crippen LogP contribution in [-0.4, -0.2) is 19.7 Å². The molecule has 3 nitrogen and oxygen atoms in total. The molecule has 1 aromatic carbocycles. The highest BCUT2D eigenvalue weighted by Crippen LogP contribution is 2.14. The number of hydrogen-bond donors (Lipinski definition) is 0. The smallest absolute Gasteiger partial charge is 0.309 e. The molecule has 170 valence electrons. The van der Waals surface area contributed by atoms with E-state index in [4.69, 9.17) is 4.74 Å². The molecule has 0 bridgehead atoms. The molecule has 0 radical (unpaired) electrons. The Bertz CT molecular complexity index is 548. The molecule has 3 heteroatoms. The van der Waals surface area contributed by atoms with E-state index >= 15 is 0 Å². The molecular formula is C27H44O3. The molecule has 1 rings (SSSR count). The van der Waals surface area contributed by atoms with Crippen LogP contribution in [-0.2, 0) is 16.0 Å². The standard InChI is InChI=1S/C27H44O3/c1-3-4-5-6-7-8-9-10-11-12-13-14-15-16-17-18-23-30-26-21-19-25(20-22-26)24-27(28)29-2/h10-11,19-22H,3-9,12-18,23-24H2,1-2H3/b11-10-. The second-order valence-corrected chi connectivity index (χ2v) is 8.18. The first kappa shape index (κ1) is 26.3. The van der Waals surface area contributed by atoms with Crippen molar-refractivity contribution in [2.45, 2.75) is 103 Å². The summed E-state index contributed by atoms with van der Waals surface area (Å²) in [6.45, 7) is 3.03. The fourth-order valence-corrected chi connectivity index (χ4v) is 3.48. The summed E-state index contributed by atoms with van der Waals surface area (Å²) in [4.78, 5) is 11.3. The predicted octanol–water partition coefficient (Wildman–Crippen LogP) is 7.82. The van der Waals surface area contributed by atoms with Crippen LogP contribution in [0, 0.1) is 0 Å². The van der Waals surface area contributed by atoms with Crippen LogP contribution in [0.2, 0.25) is 0 Å². The molecule has 30 heavy (non-hydrogen) atoms. The first-order chi connectivity index (χ1) is 14.8. The van der Waals surface area contributed by atoms with Gasteiger partial charge in [-0.25, -0.2) is 0 Å². The third-order valence-corrected chi connectivity index (χ3v) is 5.42. The van der Waals surface area contributed by atoms with Gasteiger partial charge in [0.05, 0.1) is 20.1 Å². The van der Waals surface area contributed by atoms with Crippen molar-refractivity contribution in [1.82, 2.24) is 0 Å². The van der Waals surface area contributed by atoms with Gasteiger partial charge in [-0.05, 0) is 49.8 Å². The zero-order valence-electron chi connectivity index (χ0n) is 19.5. The highest BCUT2D eigenvalue weighted by Gasteiger charge is 2.02. The molecule has 1 aromatic rings. The molecule has 0 heterocycles. The summed E-state index contributed by atoms with van der Waals surface area (Å²) in [5.41, 5.74) is 0.950. The number of methoxy groups -OCH3 is 1. The first-order valence-electron chi connectivity index (χ1n) is 12.2. The van der Waals surface area contributed by atoms with Crippen molar-refractivity contribution in [2.24, 2.45) is 0 Å². The van der Waals surface area contributed by atoms with Crippen LogP contribution in [0.1, 0.15) is 102 Å². The number of unbranched alkanes of at least 4 members (excludes halogenated alkanes) is 12. The molecule has 0 N–H and O–H groups in total. The molecular weight excluding hydrogens is 372 g/mol. The van der Waals surface area contributed by atoms with Crippen molar-refractivity contribution >= 4 is 5.97 Å². The van der Waals surface area contributed by atoms with E-state index in [0.717, 1.165) is 24.3 Å². The Morgan fingerprint density at radius 1 is 0.767 bits per heavy atom. The van der Waals surface area contributed by atoms with Crippen LogP contribution < -0.4 is 4.74 Å². The second-order valence-electron chi connectivity index (χ2n) is 8.18. The maximum absolute atomic E-state index is 11.3. The van der Waals surface area contributed by atoms with E-state index in [1.54, 1.807) is 0 Å². The summed E-state index contributed by atoms with van der Waals surface area (Å²) in [5, 5.41) is 0. The molecule has 0 fully saturated rings. The number of allylic oxidation sites excluding steroid dienone is 2. The first-order valence-corrected chi connectivity index (χ1v) is 12.2. The Kier molecular flexibility index (Phi) is 16.8. The highest BCUT2D eigenvalue weighted by atomic mass is 16.5. The van der Waals surface area contributed by atoms with E-state index in [1.807, 2.05) is 24.3 Å². The minimum absolute atomic E-state index is 0.215. The molecule has 0 amide bonds. The van der Waals surface area contributed by atoms with Crippen LogP contribution in [0.3, 0.4) is 0 Å². The van der Waals surface area contributed by atoms with Gasteiger partial charge in [-0.3, -0.25) is 4.79 Å². The lowest BCUT2D eigenvalue weighted by molar-refractivity contribution is -0.139. The topological polar surface area (TPSA) is 35.5 Å². The maximum atomic E-state index is 11.3. The van der Waals surface area contributed by atoms with Gasteiger partial charge < -0.3 is 9.47 Å². The summed E-state index contributed by atoms with van der Waals surface area (Å²) in [6.07, 6.45) is 23.5. The molecule has 0 aromatic heterocycles. The third-order valence-electron chi connectivity index (χ3n) is 5.42. The fraction of sp³-hybridized carbons (Fsp3) is 0.667. The fourth-order valence-electron chi connectivity index (χ4n) is 3.48. The maximum Gasteiger partial charge on any atom is 0.309 e. The number of rotatable bonds is 19. The Labute approximate surface area is 185 Å². The van der Waals surface area contributed by atoms with E-state index in [2.05, 4.69) is 23.8 Å². The van der Waals surface area contributed by atoms with E-state index < -0.39 is 0 Å². The third kappa shape index (κ3) is 15.1. The second kappa shape index (κ2) is 19.2. The van der Waals surface area contributed by atoms with Crippen molar-refractivity contribution in [3.05, 3.63) is 42.0 Å². The van der Waals surface area contributed by atoms with Crippen LogP contribution in [0.4, 0.5) is 0 Å². The number of carbonyl (C=O) groups is 1. The van der Waals surface area contributed by atoms with Gasteiger partial charge in [-0.15, -0.1) is 0 Å². The zero-order valence-corrected chi connectivity index (χ0v) is 19.5. The van der Waals surface area contributed by atoms with E-state index in [1.165, 1.54) is 90.6 Å². The Balaban J connectivity index is 1.87. The van der Waals surface area contributed by atoms with Crippen LogP contribution in [0.25, 0.3) is 0 Å². The molecule has 0 saturated carbocycles. The van der Waals surface area contributed by atoms with Crippen molar-refractivity contribution in [3.8, 4) is 5.75 Å². The molecule has 0 aliphatic carbocycles. The number of esters is 1. The van der Waals surface area contributed by atoms with E-state index in [9.17, 15) is 4.79 Å². The molecule has 0 spiro atoms. The van der Waals surface area contributed by atoms with Crippen molar-refractivity contribution in [1.29, 1.82) is 0 Å². The van der Waals surface area contributed by atoms with Gasteiger partial charge in [-0.1, -0.05) is 89.0 Å². The summed E-state index contributed by atoms with van der Waals surface area (Å²) in [7, 11) is 1.41. The lowest BCUT2D eigenvalue weighted by Gasteiger charge is -2.07. The van der Waals surface area contributed by atoms with Crippen LogP contribution in [0.15, 0.2) is 36.4 Å². The molecule has 0 unspecified atom stereocenters. The summed E-state index contributed by atoms with van der Waals surface area (Å²) < 4.78 is 10.5. The van der Waals surface area contributed by atoms with E-state index in [-0.39, 0.29) is 5.97 Å². The molecule has 0 saturated heterocycles. The van der Waals surface area contributed by atoms with Crippen LogP contribution in [0.5, 0.6) is 5.75 Å². The van der Waals surface area contributed by atoms with Crippen molar-refractivity contribution in [2.75, 3.05) is 13.7 Å². The Hall–Kier alpha value is -1.77. The average Bonchev–Trinajstić information content (AvgIpc) is 2.77. The van der Waals surface area contributed by atoms with Crippen molar-refractivity contribution in [3.63, 3.8) is 0 Å². The largest absolute Gasteiger partial charge is 0.494 e. The highest BCUT2D eigenvalue weighted by molar-refractivity contribution is 5.72. The lowest BCUT2D eigenvalue weighted by atomic mass is 10.1. The predicted molar refractivity (Wildman–Crippen MR) is 127 cm³/mol. The number of ether oxygens (including phenoxy) is 2. The van der Waals surface area contributed by atoms with Gasteiger partial charge >= 0.3 is 5.97 Å². The normalized spacial score (nSPS) is 11.1. The zero-order chi connectivity index (χ0) is 21.7. The quantitative estimate of drug-likeness (QED) is 0.131. The minimum atomic E-state index is -0.215. The van der Waals surface area contributed by atoms with Crippen molar-refractivity contribution < 1.29 is 14.3 Å². The Morgan fingerprint density at radius 2 is 1.30 bits per heavy atom. The minimum Gasteiger partial charge on any atom is -0.494 e. The van der Waals surface area contributed by atoms with Gasteiger partial charge in [0, 0.05) is 0 Å². The van der Waals surface area contributed by atoms with Gasteiger partial charge in [0.1, 0.15) is 5.75 Å². The lowest BCUT2D eigenvalue weighted by Crippen LogP contribution is -2.04. The van der Waals surface area contributed by atoms with Gasteiger partial charge in [0.25, 0.3) is 0 Å². The van der Waals surface area contributed by atoms with Gasteiger partial charge in [0.2, 0.25) is 0 Å². The monoisotopic (exact) mass is 416 g/mol. The Morgan fingerprint density at radius 3 is 1.87 bits per heavy atom. The SMILES string of the molecule is CCCCCCCC/C=C\CCCCCCCCOc1ccc(CC(=O)OC)cc1. The summed E-state index contributed by atoms with van der Waals surface area (Å²) in [6, 6.07) is 7.71. The average molecular weight is 417 g/mol. The summed E-state index contributed by atoms with van der Waals surface area (Å²) >= 11 is 0. The van der Waals surface area contributed by atoms with Gasteiger partial charge in [-0.2, -0.15) is 0 Å². The number of benzene rings is 1. The number of carbonyl (C=O) groups excluding carboxylic acids is 1. The van der Waals surface area contributed by atoms with E-state index in [0.29, 0.717) is 6.42 Å². The molecule has 0 aliphatic heterocycles. The molecule has 0 aliphatic rings. The summed E-state index contributed by atoms with van der Waals surface area (Å²) in [5.74, 6) is 0.657.